The second kappa shape index (κ2) is 8.54. The number of amides is 1. The first-order chi connectivity index (χ1) is 10.0. The summed E-state index contributed by atoms with van der Waals surface area (Å²) in [4.78, 5) is 24.4. The Morgan fingerprint density at radius 3 is 2.62 bits per heavy atom. The average molecular weight is 286 g/mol. The Kier molecular flexibility index (Phi) is 6.69. The summed E-state index contributed by atoms with van der Waals surface area (Å²) < 4.78 is 4.85. The van der Waals surface area contributed by atoms with Gasteiger partial charge in [0.2, 0.25) is 0 Å². The molecule has 1 aromatic carbocycles. The molecule has 5 heteroatoms. The van der Waals surface area contributed by atoms with Crippen molar-refractivity contribution < 1.29 is 14.3 Å². The number of carbonyl (C=O) groups excluding carboxylic acids is 2. The summed E-state index contributed by atoms with van der Waals surface area (Å²) in [6.07, 6.45) is 3.17. The Balaban J connectivity index is 2.38. The summed E-state index contributed by atoms with van der Waals surface area (Å²) in [5.41, 5.74) is 2.02. The van der Waals surface area contributed by atoms with Crippen LogP contribution in [-0.2, 0) is 14.3 Å². The zero-order valence-electron chi connectivity index (χ0n) is 12.2. The first kappa shape index (κ1) is 16.4. The molecule has 0 bridgehead atoms. The highest BCUT2D eigenvalue weighted by atomic mass is 16.5. The largest absolute Gasteiger partial charge is 0.452 e. The molecule has 0 saturated heterocycles. The average Bonchev–Trinajstić information content (AvgIpc) is 2.49. The third kappa shape index (κ3) is 6.39. The maximum Gasteiger partial charge on any atom is 0.331 e. The molecule has 0 fully saturated rings. The second-order valence-corrected chi connectivity index (χ2v) is 4.58. The van der Waals surface area contributed by atoms with Crippen LogP contribution in [0.5, 0.6) is 0 Å². The van der Waals surface area contributed by atoms with Gasteiger partial charge in [0.05, 0.1) is 12.5 Å². The summed E-state index contributed by atoms with van der Waals surface area (Å²) in [7, 11) is 1.57. The zero-order chi connectivity index (χ0) is 15.7. The SMILES string of the molecule is Cc1ccc(C=CC(=O)OCC(=O)N(C)CCC#N)cc1. The second-order valence-electron chi connectivity index (χ2n) is 4.58. The number of aryl methyl sites for hydroxylation is 1. The monoisotopic (exact) mass is 286 g/mol. The number of nitriles is 1. The van der Waals surface area contributed by atoms with E-state index in [4.69, 9.17) is 10.00 Å². The van der Waals surface area contributed by atoms with E-state index in [0.29, 0.717) is 6.54 Å². The maximum absolute atomic E-state index is 11.6. The van der Waals surface area contributed by atoms with Gasteiger partial charge in [0, 0.05) is 19.7 Å². The molecule has 0 aromatic heterocycles. The molecular formula is C16H18N2O3. The van der Waals surface area contributed by atoms with Gasteiger partial charge in [-0.25, -0.2) is 4.79 Å². The minimum absolute atomic E-state index is 0.253. The smallest absolute Gasteiger partial charge is 0.331 e. The van der Waals surface area contributed by atoms with Gasteiger partial charge in [-0.15, -0.1) is 0 Å². The van der Waals surface area contributed by atoms with Gasteiger partial charge in [-0.2, -0.15) is 5.26 Å². The number of hydrogen-bond donors (Lipinski definition) is 0. The summed E-state index contributed by atoms with van der Waals surface area (Å²) in [5, 5.41) is 8.43. The molecule has 0 atom stereocenters. The third-order valence-electron chi connectivity index (χ3n) is 2.81. The Morgan fingerprint density at radius 2 is 2.00 bits per heavy atom. The van der Waals surface area contributed by atoms with E-state index in [1.165, 1.54) is 11.0 Å². The minimum atomic E-state index is -0.572. The van der Waals surface area contributed by atoms with Gasteiger partial charge in [0.1, 0.15) is 0 Å². The quantitative estimate of drug-likeness (QED) is 0.591. The molecule has 1 amide bonds. The summed E-state index contributed by atoms with van der Waals surface area (Å²) in [6, 6.07) is 9.61. The first-order valence-electron chi connectivity index (χ1n) is 6.55. The Bertz CT molecular complexity index is 556. The lowest BCUT2D eigenvalue weighted by Gasteiger charge is -2.14. The summed E-state index contributed by atoms with van der Waals surface area (Å²) in [5.74, 6) is -0.903. The lowest BCUT2D eigenvalue weighted by atomic mass is 10.1. The van der Waals surface area contributed by atoms with E-state index in [0.717, 1.165) is 11.1 Å². The van der Waals surface area contributed by atoms with Crippen LogP contribution in [0.1, 0.15) is 17.5 Å². The standard InChI is InChI=1S/C16H18N2O3/c1-13-4-6-14(7-5-13)8-9-16(20)21-12-15(19)18(2)11-3-10-17/h4-9H,3,11-12H2,1-2H3. The molecule has 110 valence electrons. The number of rotatable bonds is 6. The van der Waals surface area contributed by atoms with Crippen molar-refractivity contribution >= 4 is 18.0 Å². The van der Waals surface area contributed by atoms with Crippen LogP contribution in [0.15, 0.2) is 30.3 Å². The molecule has 0 aliphatic rings. The molecule has 0 spiro atoms. The fraction of sp³-hybridized carbons (Fsp3) is 0.312. The maximum atomic E-state index is 11.6. The van der Waals surface area contributed by atoms with Crippen LogP contribution in [0.25, 0.3) is 6.08 Å². The predicted molar refractivity (Wildman–Crippen MR) is 79.0 cm³/mol. The highest BCUT2D eigenvalue weighted by Gasteiger charge is 2.10. The molecular weight excluding hydrogens is 268 g/mol. The summed E-state index contributed by atoms with van der Waals surface area (Å²) in [6.45, 7) is 1.99. The van der Waals surface area contributed by atoms with E-state index in [1.807, 2.05) is 37.3 Å². The molecule has 0 N–H and O–H groups in total. The van der Waals surface area contributed by atoms with Crippen LogP contribution < -0.4 is 0 Å². The first-order valence-corrected chi connectivity index (χ1v) is 6.55. The minimum Gasteiger partial charge on any atom is -0.452 e. The van der Waals surface area contributed by atoms with Gasteiger partial charge < -0.3 is 9.64 Å². The number of carbonyl (C=O) groups is 2. The molecule has 0 saturated carbocycles. The molecule has 0 aliphatic heterocycles. The highest BCUT2D eigenvalue weighted by molar-refractivity contribution is 5.89. The van der Waals surface area contributed by atoms with Gasteiger partial charge >= 0.3 is 5.97 Å². The zero-order valence-corrected chi connectivity index (χ0v) is 12.2. The van der Waals surface area contributed by atoms with Crippen molar-refractivity contribution in [2.45, 2.75) is 13.3 Å². The van der Waals surface area contributed by atoms with E-state index in [2.05, 4.69) is 0 Å². The number of benzene rings is 1. The van der Waals surface area contributed by atoms with Crippen molar-refractivity contribution in [3.05, 3.63) is 41.5 Å². The van der Waals surface area contributed by atoms with Crippen LogP contribution in [0.4, 0.5) is 0 Å². The van der Waals surface area contributed by atoms with Crippen LogP contribution in [0, 0.1) is 18.3 Å². The number of ether oxygens (including phenoxy) is 1. The van der Waals surface area contributed by atoms with Crippen molar-refractivity contribution in [1.82, 2.24) is 4.90 Å². The highest BCUT2D eigenvalue weighted by Crippen LogP contribution is 2.05. The van der Waals surface area contributed by atoms with E-state index in [1.54, 1.807) is 13.1 Å². The van der Waals surface area contributed by atoms with Crippen molar-refractivity contribution in [2.75, 3.05) is 20.2 Å². The Labute approximate surface area is 124 Å². The normalized spacial score (nSPS) is 10.1. The van der Waals surface area contributed by atoms with Crippen LogP contribution in [-0.4, -0.2) is 37.0 Å². The molecule has 21 heavy (non-hydrogen) atoms. The third-order valence-corrected chi connectivity index (χ3v) is 2.81. The van der Waals surface area contributed by atoms with Crippen LogP contribution in [0.3, 0.4) is 0 Å². The molecule has 5 nitrogen and oxygen atoms in total. The van der Waals surface area contributed by atoms with Gasteiger partial charge in [-0.05, 0) is 18.6 Å². The van der Waals surface area contributed by atoms with E-state index < -0.39 is 5.97 Å². The fourth-order valence-electron chi connectivity index (χ4n) is 1.48. The Morgan fingerprint density at radius 1 is 1.33 bits per heavy atom. The molecule has 0 radical (unpaired) electrons. The van der Waals surface area contributed by atoms with Gasteiger partial charge in [-0.3, -0.25) is 4.79 Å². The van der Waals surface area contributed by atoms with E-state index >= 15 is 0 Å². The van der Waals surface area contributed by atoms with E-state index in [-0.39, 0.29) is 18.9 Å². The van der Waals surface area contributed by atoms with E-state index in [9.17, 15) is 9.59 Å². The lowest BCUT2D eigenvalue weighted by molar-refractivity contribution is -0.147. The fourth-order valence-corrected chi connectivity index (χ4v) is 1.48. The van der Waals surface area contributed by atoms with Gasteiger partial charge in [-0.1, -0.05) is 29.8 Å². The van der Waals surface area contributed by atoms with Crippen molar-refractivity contribution in [3.63, 3.8) is 0 Å². The topological polar surface area (TPSA) is 70.4 Å². The molecule has 0 aliphatic carbocycles. The number of nitrogens with zero attached hydrogens (tertiary/aromatic N) is 2. The van der Waals surface area contributed by atoms with Crippen molar-refractivity contribution in [2.24, 2.45) is 0 Å². The van der Waals surface area contributed by atoms with Crippen molar-refractivity contribution in [3.8, 4) is 6.07 Å². The number of esters is 1. The van der Waals surface area contributed by atoms with Gasteiger partial charge in [0.25, 0.3) is 5.91 Å². The molecule has 1 aromatic rings. The molecule has 0 unspecified atom stereocenters. The van der Waals surface area contributed by atoms with Gasteiger partial charge in [0.15, 0.2) is 6.61 Å². The Hall–Kier alpha value is -2.61. The summed E-state index contributed by atoms with van der Waals surface area (Å²) >= 11 is 0. The number of hydrogen-bond acceptors (Lipinski definition) is 4. The van der Waals surface area contributed by atoms with Crippen LogP contribution in [0.2, 0.25) is 0 Å². The lowest BCUT2D eigenvalue weighted by Crippen LogP contribution is -2.31. The molecule has 0 heterocycles. The van der Waals surface area contributed by atoms with Crippen molar-refractivity contribution in [1.29, 1.82) is 5.26 Å². The molecule has 1 rings (SSSR count). The predicted octanol–water partition coefficient (Wildman–Crippen LogP) is 1.92. The van der Waals surface area contributed by atoms with Crippen LogP contribution >= 0.6 is 0 Å². The number of likely N-dealkylation sites (N-methyl/N-ethyl adjacent to an activating group) is 1.